The first-order chi connectivity index (χ1) is 8.84. The Morgan fingerprint density at radius 1 is 1.32 bits per heavy atom. The van der Waals surface area contributed by atoms with Crippen molar-refractivity contribution in [1.29, 1.82) is 5.26 Å². The number of hydrogen-bond acceptors (Lipinski definition) is 4. The summed E-state index contributed by atoms with van der Waals surface area (Å²) in [5.41, 5.74) is 1.61. The van der Waals surface area contributed by atoms with E-state index in [0.29, 0.717) is 17.1 Å². The Balaban J connectivity index is 2.68. The van der Waals surface area contributed by atoms with Crippen LogP contribution >= 0.6 is 11.6 Å². The molecule has 0 saturated heterocycles. The van der Waals surface area contributed by atoms with Crippen molar-refractivity contribution in [2.24, 2.45) is 0 Å². The van der Waals surface area contributed by atoms with Crippen molar-refractivity contribution in [1.82, 2.24) is 19.7 Å². The lowest BCUT2D eigenvalue weighted by Gasteiger charge is -2.14. The van der Waals surface area contributed by atoms with Crippen molar-refractivity contribution in [3.05, 3.63) is 34.5 Å². The van der Waals surface area contributed by atoms with Crippen LogP contribution in [0.5, 0.6) is 0 Å². The van der Waals surface area contributed by atoms with Gasteiger partial charge in [-0.3, -0.25) is 0 Å². The fraction of sp³-hybridized carbons (Fsp3) is 0.385. The van der Waals surface area contributed by atoms with Crippen molar-refractivity contribution >= 4 is 11.6 Å². The van der Waals surface area contributed by atoms with E-state index in [0.717, 1.165) is 5.69 Å². The predicted molar refractivity (Wildman–Crippen MR) is 72.3 cm³/mol. The molecule has 0 aliphatic rings. The highest BCUT2D eigenvalue weighted by Crippen LogP contribution is 2.30. The standard InChI is InChI=1S/C13H14ClN5/c1-8-5-10(17-7-16-8)19-12(14)9(6-15)11(18-19)13(2,3)4/h5,7H,1-4H3. The van der Waals surface area contributed by atoms with Gasteiger partial charge < -0.3 is 0 Å². The molecule has 0 radical (unpaired) electrons. The highest BCUT2D eigenvalue weighted by Gasteiger charge is 2.27. The molecule has 2 rings (SSSR count). The largest absolute Gasteiger partial charge is 0.242 e. The van der Waals surface area contributed by atoms with Crippen LogP contribution < -0.4 is 0 Å². The minimum atomic E-state index is -0.262. The van der Waals surface area contributed by atoms with Crippen molar-refractivity contribution in [2.45, 2.75) is 33.1 Å². The SMILES string of the molecule is Cc1cc(-n2nc(C(C)(C)C)c(C#N)c2Cl)ncn1. The molecule has 0 unspecified atom stereocenters. The second-order valence-corrected chi connectivity index (χ2v) is 5.66. The highest BCUT2D eigenvalue weighted by atomic mass is 35.5. The average Bonchev–Trinajstić information content (AvgIpc) is 2.66. The Morgan fingerprint density at radius 2 is 2.00 bits per heavy atom. The van der Waals surface area contributed by atoms with Gasteiger partial charge in [-0.05, 0) is 6.92 Å². The van der Waals surface area contributed by atoms with Crippen LogP contribution in [0, 0.1) is 18.3 Å². The lowest BCUT2D eigenvalue weighted by molar-refractivity contribution is 0.558. The molecule has 5 nitrogen and oxygen atoms in total. The van der Waals surface area contributed by atoms with E-state index >= 15 is 0 Å². The normalized spacial score (nSPS) is 11.4. The van der Waals surface area contributed by atoms with Gasteiger partial charge in [-0.15, -0.1) is 0 Å². The van der Waals surface area contributed by atoms with Gasteiger partial charge in [0.15, 0.2) is 11.0 Å². The molecule has 0 aromatic carbocycles. The molecule has 0 atom stereocenters. The van der Waals surface area contributed by atoms with E-state index in [1.165, 1.54) is 11.0 Å². The summed E-state index contributed by atoms with van der Waals surface area (Å²) in [5, 5.41) is 14.0. The molecule has 6 heteroatoms. The van der Waals surface area contributed by atoms with E-state index in [9.17, 15) is 5.26 Å². The number of halogens is 1. The summed E-state index contributed by atoms with van der Waals surface area (Å²) in [6, 6.07) is 3.89. The van der Waals surface area contributed by atoms with Crippen LogP contribution in [0.2, 0.25) is 5.15 Å². The van der Waals surface area contributed by atoms with Crippen LogP contribution in [0.25, 0.3) is 5.82 Å². The summed E-state index contributed by atoms with van der Waals surface area (Å²) in [7, 11) is 0. The van der Waals surface area contributed by atoms with Crippen LogP contribution in [-0.4, -0.2) is 19.7 Å². The van der Waals surface area contributed by atoms with Crippen molar-refractivity contribution in [3.63, 3.8) is 0 Å². The van der Waals surface area contributed by atoms with Crippen molar-refractivity contribution < 1.29 is 0 Å². The van der Waals surface area contributed by atoms with E-state index in [1.54, 1.807) is 6.07 Å². The summed E-state index contributed by atoms with van der Waals surface area (Å²) < 4.78 is 1.48. The summed E-state index contributed by atoms with van der Waals surface area (Å²) in [6.45, 7) is 7.82. The van der Waals surface area contributed by atoms with Gasteiger partial charge in [-0.25, -0.2) is 14.6 Å². The summed E-state index contributed by atoms with van der Waals surface area (Å²) in [4.78, 5) is 8.17. The summed E-state index contributed by atoms with van der Waals surface area (Å²) in [6.07, 6.45) is 1.45. The van der Waals surface area contributed by atoms with Gasteiger partial charge in [0, 0.05) is 17.2 Å². The zero-order valence-corrected chi connectivity index (χ0v) is 12.0. The maximum Gasteiger partial charge on any atom is 0.158 e. The molecular formula is C13H14ClN5. The fourth-order valence-electron chi connectivity index (χ4n) is 1.73. The van der Waals surface area contributed by atoms with Gasteiger partial charge in [0.05, 0.1) is 5.69 Å². The Hall–Kier alpha value is -1.93. The third-order valence-corrected chi connectivity index (χ3v) is 3.01. The maximum atomic E-state index is 9.26. The maximum absolute atomic E-state index is 9.26. The molecule has 2 aromatic heterocycles. The molecule has 0 spiro atoms. The quantitative estimate of drug-likeness (QED) is 0.802. The van der Waals surface area contributed by atoms with E-state index in [4.69, 9.17) is 11.6 Å². The predicted octanol–water partition coefficient (Wildman–Crippen LogP) is 2.79. The van der Waals surface area contributed by atoms with Gasteiger partial charge in [0.2, 0.25) is 0 Å². The van der Waals surface area contributed by atoms with E-state index in [1.807, 2.05) is 27.7 Å². The lowest BCUT2D eigenvalue weighted by atomic mass is 9.90. The smallest absolute Gasteiger partial charge is 0.158 e. The van der Waals surface area contributed by atoms with Crippen LogP contribution in [0.15, 0.2) is 12.4 Å². The molecule has 19 heavy (non-hydrogen) atoms. The molecule has 98 valence electrons. The molecule has 0 fully saturated rings. The summed E-state index contributed by atoms with van der Waals surface area (Å²) >= 11 is 6.24. The zero-order chi connectivity index (χ0) is 14.2. The lowest BCUT2D eigenvalue weighted by Crippen LogP contribution is -2.14. The minimum absolute atomic E-state index is 0.262. The topological polar surface area (TPSA) is 67.4 Å². The number of hydrogen-bond donors (Lipinski definition) is 0. The van der Waals surface area contributed by atoms with Gasteiger partial charge in [-0.1, -0.05) is 32.4 Å². The second-order valence-electron chi connectivity index (χ2n) is 5.31. The van der Waals surface area contributed by atoms with Gasteiger partial charge in [0.25, 0.3) is 0 Å². The Morgan fingerprint density at radius 3 is 2.47 bits per heavy atom. The van der Waals surface area contributed by atoms with Crippen LogP contribution in [-0.2, 0) is 5.41 Å². The third-order valence-electron chi connectivity index (χ3n) is 2.66. The molecule has 0 aliphatic carbocycles. The Kier molecular flexibility index (Phi) is 3.29. The Labute approximate surface area is 116 Å². The Bertz CT molecular complexity index is 661. The first kappa shape index (κ1) is 13.5. The average molecular weight is 276 g/mol. The molecule has 0 amide bonds. The van der Waals surface area contributed by atoms with Crippen molar-refractivity contribution in [2.75, 3.05) is 0 Å². The van der Waals surface area contributed by atoms with Crippen molar-refractivity contribution in [3.8, 4) is 11.9 Å². The molecule has 0 N–H and O–H groups in total. The first-order valence-electron chi connectivity index (χ1n) is 5.82. The fourth-order valence-corrected chi connectivity index (χ4v) is 1.99. The molecule has 0 saturated carbocycles. The molecular weight excluding hydrogens is 262 g/mol. The summed E-state index contributed by atoms with van der Waals surface area (Å²) in [5.74, 6) is 0.560. The monoisotopic (exact) mass is 275 g/mol. The van der Waals surface area contributed by atoms with Crippen LogP contribution in [0.1, 0.15) is 37.7 Å². The highest BCUT2D eigenvalue weighted by molar-refractivity contribution is 6.31. The van der Waals surface area contributed by atoms with Gasteiger partial charge >= 0.3 is 0 Å². The van der Waals surface area contributed by atoms with Crippen LogP contribution in [0.4, 0.5) is 0 Å². The molecule has 0 aliphatic heterocycles. The molecule has 2 heterocycles. The number of rotatable bonds is 1. The second kappa shape index (κ2) is 4.63. The third kappa shape index (κ3) is 2.45. The minimum Gasteiger partial charge on any atom is -0.242 e. The molecule has 2 aromatic rings. The van der Waals surface area contributed by atoms with E-state index < -0.39 is 0 Å². The number of nitrogens with zero attached hydrogens (tertiary/aromatic N) is 5. The number of aromatic nitrogens is 4. The van der Waals surface area contributed by atoms with Crippen LogP contribution in [0.3, 0.4) is 0 Å². The van der Waals surface area contributed by atoms with E-state index in [-0.39, 0.29) is 10.6 Å². The number of aryl methyl sites for hydroxylation is 1. The first-order valence-corrected chi connectivity index (χ1v) is 6.20. The number of nitriles is 1. The zero-order valence-electron chi connectivity index (χ0n) is 11.3. The van der Waals surface area contributed by atoms with Gasteiger partial charge in [0.1, 0.15) is 18.0 Å². The van der Waals surface area contributed by atoms with Gasteiger partial charge in [-0.2, -0.15) is 10.4 Å². The van der Waals surface area contributed by atoms with E-state index in [2.05, 4.69) is 21.1 Å². The molecule has 0 bridgehead atoms.